The van der Waals surface area contributed by atoms with Crippen LogP contribution in [-0.4, -0.2) is 49.3 Å². The summed E-state index contributed by atoms with van der Waals surface area (Å²) in [6.45, 7) is 5.68. The van der Waals surface area contributed by atoms with E-state index in [1.54, 1.807) is 7.11 Å². The molecular formula is C26H32ClN3O2. The third kappa shape index (κ3) is 5.24. The summed E-state index contributed by atoms with van der Waals surface area (Å²) >= 11 is 6.19. The zero-order valence-corrected chi connectivity index (χ0v) is 19.6. The maximum atomic E-state index is 12.2. The monoisotopic (exact) mass is 453 g/mol. The van der Waals surface area contributed by atoms with Gasteiger partial charge in [0.05, 0.1) is 12.6 Å². The lowest BCUT2D eigenvalue weighted by Gasteiger charge is -2.38. The molecule has 0 bridgehead atoms. The minimum absolute atomic E-state index is 0.00467. The lowest BCUT2D eigenvalue weighted by atomic mass is 9.93. The van der Waals surface area contributed by atoms with E-state index in [-0.39, 0.29) is 11.6 Å². The van der Waals surface area contributed by atoms with Crippen molar-refractivity contribution in [2.45, 2.75) is 38.3 Å². The van der Waals surface area contributed by atoms with Crippen molar-refractivity contribution < 1.29 is 4.74 Å². The van der Waals surface area contributed by atoms with Gasteiger partial charge in [0.15, 0.2) is 0 Å². The highest BCUT2D eigenvalue weighted by molar-refractivity contribution is 6.30. The van der Waals surface area contributed by atoms with Crippen LogP contribution in [0.3, 0.4) is 0 Å². The molecule has 5 nitrogen and oxygen atoms in total. The molecule has 1 aromatic heterocycles. The number of benzene rings is 2. The van der Waals surface area contributed by atoms with Gasteiger partial charge in [0.25, 0.3) is 5.56 Å². The molecule has 2 N–H and O–H groups in total. The summed E-state index contributed by atoms with van der Waals surface area (Å²) in [7, 11) is 1.74. The van der Waals surface area contributed by atoms with Gasteiger partial charge in [-0.15, -0.1) is 0 Å². The minimum Gasteiger partial charge on any atom is -0.383 e. The van der Waals surface area contributed by atoms with Crippen molar-refractivity contribution in [2.75, 3.05) is 33.4 Å². The lowest BCUT2D eigenvalue weighted by Crippen LogP contribution is -2.44. The van der Waals surface area contributed by atoms with Gasteiger partial charge in [-0.05, 0) is 66.1 Å². The predicted molar refractivity (Wildman–Crippen MR) is 132 cm³/mol. The van der Waals surface area contributed by atoms with Crippen LogP contribution in [0.15, 0.2) is 53.3 Å². The van der Waals surface area contributed by atoms with Gasteiger partial charge in [0.1, 0.15) is 0 Å². The van der Waals surface area contributed by atoms with Crippen LogP contribution in [0.4, 0.5) is 0 Å². The summed E-state index contributed by atoms with van der Waals surface area (Å²) in [5.74, 6) is 0. The van der Waals surface area contributed by atoms with Crippen LogP contribution < -0.4 is 10.9 Å². The summed E-state index contributed by atoms with van der Waals surface area (Å²) in [6.07, 6.45) is 2.93. The number of rotatable bonds is 8. The van der Waals surface area contributed by atoms with Gasteiger partial charge in [-0.1, -0.05) is 36.7 Å². The summed E-state index contributed by atoms with van der Waals surface area (Å²) in [5, 5.41) is 5.43. The smallest absolute Gasteiger partial charge is 0.251 e. The van der Waals surface area contributed by atoms with E-state index in [9.17, 15) is 4.79 Å². The highest BCUT2D eigenvalue weighted by atomic mass is 35.5. The molecule has 6 heteroatoms. The van der Waals surface area contributed by atoms with Gasteiger partial charge in [-0.3, -0.25) is 9.69 Å². The summed E-state index contributed by atoms with van der Waals surface area (Å²) < 4.78 is 5.17. The second kappa shape index (κ2) is 10.6. The van der Waals surface area contributed by atoms with Crippen molar-refractivity contribution in [3.8, 4) is 0 Å². The van der Waals surface area contributed by atoms with Crippen LogP contribution in [0.2, 0.25) is 5.02 Å². The minimum atomic E-state index is 0.00467. The Balaban J connectivity index is 1.64. The number of piperidine rings is 1. The molecule has 1 fully saturated rings. The number of hydrogen-bond donors (Lipinski definition) is 2. The number of ether oxygens (including phenoxy) is 1. The first-order chi connectivity index (χ1) is 15.6. The first kappa shape index (κ1) is 23.0. The van der Waals surface area contributed by atoms with Crippen molar-refractivity contribution in [3.05, 3.63) is 80.6 Å². The number of likely N-dealkylation sites (tertiary alicyclic amines) is 1. The normalized spacial score (nSPS) is 16.5. The Morgan fingerprint density at radius 2 is 1.84 bits per heavy atom. The fourth-order valence-corrected chi connectivity index (χ4v) is 4.82. The second-order valence-electron chi connectivity index (χ2n) is 8.54. The van der Waals surface area contributed by atoms with E-state index >= 15 is 0 Å². The quantitative estimate of drug-likeness (QED) is 0.492. The molecule has 1 atom stereocenters. The molecule has 1 aliphatic rings. The number of methoxy groups -OCH3 is 1. The van der Waals surface area contributed by atoms with Gasteiger partial charge in [0.2, 0.25) is 0 Å². The maximum Gasteiger partial charge on any atom is 0.251 e. The molecule has 0 radical (unpaired) electrons. The van der Waals surface area contributed by atoms with Crippen LogP contribution in [0.5, 0.6) is 0 Å². The van der Waals surface area contributed by atoms with Crippen molar-refractivity contribution in [1.29, 1.82) is 0 Å². The molecular weight excluding hydrogens is 422 g/mol. The van der Waals surface area contributed by atoms with E-state index in [2.05, 4.69) is 39.5 Å². The number of nitrogens with one attached hydrogen (secondary N) is 2. The highest BCUT2D eigenvalue weighted by Crippen LogP contribution is 2.33. The van der Waals surface area contributed by atoms with Crippen molar-refractivity contribution in [1.82, 2.24) is 15.2 Å². The van der Waals surface area contributed by atoms with Gasteiger partial charge in [0, 0.05) is 48.9 Å². The summed E-state index contributed by atoms with van der Waals surface area (Å²) in [6, 6.07) is 17.3. The fourth-order valence-electron chi connectivity index (χ4n) is 4.69. The number of H-pyrrole nitrogens is 1. The van der Waals surface area contributed by atoms with E-state index in [4.69, 9.17) is 16.3 Å². The Kier molecular flexibility index (Phi) is 7.63. The molecule has 0 aliphatic carbocycles. The number of aromatic amines is 1. The number of hydrogen-bond acceptors (Lipinski definition) is 4. The number of aryl methyl sites for hydroxylation is 1. The van der Waals surface area contributed by atoms with E-state index in [1.807, 2.05) is 31.2 Å². The molecule has 1 aliphatic heterocycles. The largest absolute Gasteiger partial charge is 0.383 e. The molecule has 0 saturated carbocycles. The lowest BCUT2D eigenvalue weighted by molar-refractivity contribution is 0.152. The average molecular weight is 454 g/mol. The van der Waals surface area contributed by atoms with E-state index in [0.717, 1.165) is 67.0 Å². The number of fused-ring (bicyclic) bond motifs is 1. The Morgan fingerprint density at radius 1 is 1.12 bits per heavy atom. The molecule has 4 rings (SSSR count). The van der Waals surface area contributed by atoms with Gasteiger partial charge < -0.3 is 15.0 Å². The molecule has 0 amide bonds. The Bertz CT molecular complexity index is 1090. The molecule has 170 valence electrons. The Hall–Kier alpha value is -2.18. The zero-order chi connectivity index (χ0) is 22.5. The third-order valence-electron chi connectivity index (χ3n) is 6.46. The number of nitrogens with zero attached hydrogens (tertiary/aromatic N) is 1. The zero-order valence-electron chi connectivity index (χ0n) is 18.9. The topological polar surface area (TPSA) is 57.4 Å². The number of pyridine rings is 1. The molecule has 2 aromatic carbocycles. The first-order valence-electron chi connectivity index (χ1n) is 11.5. The first-order valence-corrected chi connectivity index (χ1v) is 11.8. The van der Waals surface area contributed by atoms with Crippen LogP contribution in [0, 0.1) is 0 Å². The van der Waals surface area contributed by atoms with Crippen LogP contribution in [-0.2, 0) is 11.2 Å². The van der Waals surface area contributed by atoms with Gasteiger partial charge in [-0.25, -0.2) is 0 Å². The van der Waals surface area contributed by atoms with E-state index in [0.29, 0.717) is 6.04 Å². The van der Waals surface area contributed by atoms with Gasteiger partial charge >= 0.3 is 0 Å². The Morgan fingerprint density at radius 3 is 2.53 bits per heavy atom. The molecule has 32 heavy (non-hydrogen) atoms. The number of halogens is 1. The Labute approximate surface area is 194 Å². The molecule has 0 spiro atoms. The second-order valence-corrected chi connectivity index (χ2v) is 8.97. The van der Waals surface area contributed by atoms with Crippen LogP contribution in [0.25, 0.3) is 10.9 Å². The fraction of sp³-hybridized carbons (Fsp3) is 0.423. The third-order valence-corrected chi connectivity index (χ3v) is 6.71. The van der Waals surface area contributed by atoms with Crippen molar-refractivity contribution in [3.63, 3.8) is 0 Å². The van der Waals surface area contributed by atoms with Crippen LogP contribution >= 0.6 is 11.6 Å². The van der Waals surface area contributed by atoms with E-state index in [1.165, 1.54) is 11.1 Å². The molecule has 2 heterocycles. The van der Waals surface area contributed by atoms with Gasteiger partial charge in [-0.2, -0.15) is 0 Å². The SMILES string of the molecule is CCc1cc2cc(C(c3ccc(Cl)cc3)N3CCC(NCCOC)CC3)ccc2[nH]c1=O. The van der Waals surface area contributed by atoms with Crippen molar-refractivity contribution in [2.24, 2.45) is 0 Å². The van der Waals surface area contributed by atoms with Crippen LogP contribution in [0.1, 0.15) is 42.5 Å². The highest BCUT2D eigenvalue weighted by Gasteiger charge is 2.27. The summed E-state index contributed by atoms with van der Waals surface area (Å²) in [5.41, 5.74) is 4.18. The maximum absolute atomic E-state index is 12.2. The molecule has 1 unspecified atom stereocenters. The van der Waals surface area contributed by atoms with Crippen molar-refractivity contribution >= 4 is 22.5 Å². The predicted octanol–water partition coefficient (Wildman–Crippen LogP) is 4.53. The molecule has 1 saturated heterocycles. The number of aromatic nitrogens is 1. The molecule has 3 aromatic rings. The van der Waals surface area contributed by atoms with E-state index < -0.39 is 0 Å². The standard InChI is InChI=1S/C26H32ClN3O2/c1-3-18-16-21-17-20(6-9-24(21)29-26(18)31)25(19-4-7-22(27)8-5-19)30-13-10-23(11-14-30)28-12-15-32-2/h4-9,16-17,23,25,28H,3,10-15H2,1-2H3,(H,29,31). The average Bonchev–Trinajstić information content (AvgIpc) is 2.81. The summed E-state index contributed by atoms with van der Waals surface area (Å²) in [4.78, 5) is 17.8.